The van der Waals surface area contributed by atoms with Gasteiger partial charge in [0.15, 0.2) is 0 Å². The van der Waals surface area contributed by atoms with Crippen LogP contribution in [0.1, 0.15) is 11.1 Å². The molecule has 0 saturated heterocycles. The van der Waals surface area contributed by atoms with Gasteiger partial charge in [-0.15, -0.1) is 0 Å². The molecule has 0 amide bonds. The first kappa shape index (κ1) is 11.7. The number of nitrogens with two attached hydrogens (primary N) is 1. The molecule has 0 aromatic heterocycles. The van der Waals surface area contributed by atoms with E-state index >= 15 is 0 Å². The average molecular weight is 227 g/mol. The lowest BCUT2D eigenvalue weighted by atomic mass is 9.98. The number of hydrogen-bond donors (Lipinski definition) is 1. The van der Waals surface area contributed by atoms with Crippen LogP contribution in [-0.4, -0.2) is 7.11 Å². The molecule has 0 fully saturated rings. The minimum atomic E-state index is 0.489. The number of benzene rings is 2. The monoisotopic (exact) mass is 227 g/mol. The highest BCUT2D eigenvalue weighted by Gasteiger charge is 2.05. The molecule has 0 unspecified atom stereocenters. The molecule has 0 saturated carbocycles. The van der Waals surface area contributed by atoms with E-state index in [0.717, 1.165) is 11.3 Å². The van der Waals surface area contributed by atoms with Crippen LogP contribution in [0.4, 0.5) is 0 Å². The highest BCUT2D eigenvalue weighted by atomic mass is 16.5. The average Bonchev–Trinajstić information content (AvgIpc) is 2.38. The SMILES string of the molecule is COc1ccc(-c2ccccc2C)cc1CN. The third kappa shape index (κ3) is 2.32. The molecule has 0 heterocycles. The minimum absolute atomic E-state index is 0.489. The van der Waals surface area contributed by atoms with Gasteiger partial charge in [0, 0.05) is 12.1 Å². The van der Waals surface area contributed by atoms with Crippen molar-refractivity contribution in [2.45, 2.75) is 13.5 Å². The van der Waals surface area contributed by atoms with Gasteiger partial charge in [-0.1, -0.05) is 30.3 Å². The maximum Gasteiger partial charge on any atom is 0.123 e. The molecule has 2 aromatic rings. The van der Waals surface area contributed by atoms with E-state index in [-0.39, 0.29) is 0 Å². The molecule has 2 aromatic carbocycles. The summed E-state index contributed by atoms with van der Waals surface area (Å²) in [6.45, 7) is 2.60. The maximum absolute atomic E-state index is 5.73. The van der Waals surface area contributed by atoms with Crippen molar-refractivity contribution < 1.29 is 4.74 Å². The predicted octanol–water partition coefficient (Wildman–Crippen LogP) is 3.13. The van der Waals surface area contributed by atoms with Crippen molar-refractivity contribution in [3.05, 3.63) is 53.6 Å². The Morgan fingerprint density at radius 3 is 2.53 bits per heavy atom. The van der Waals surface area contributed by atoms with Crippen LogP contribution in [0.2, 0.25) is 0 Å². The van der Waals surface area contributed by atoms with Crippen molar-refractivity contribution in [3.63, 3.8) is 0 Å². The quantitative estimate of drug-likeness (QED) is 0.874. The smallest absolute Gasteiger partial charge is 0.123 e. The van der Waals surface area contributed by atoms with E-state index < -0.39 is 0 Å². The lowest BCUT2D eigenvalue weighted by molar-refractivity contribution is 0.410. The fraction of sp³-hybridized carbons (Fsp3) is 0.200. The predicted molar refractivity (Wildman–Crippen MR) is 71.1 cm³/mol. The third-order valence-electron chi connectivity index (χ3n) is 2.96. The second kappa shape index (κ2) is 5.02. The van der Waals surface area contributed by atoms with Crippen molar-refractivity contribution in [1.29, 1.82) is 0 Å². The van der Waals surface area contributed by atoms with Crippen molar-refractivity contribution >= 4 is 0 Å². The summed E-state index contributed by atoms with van der Waals surface area (Å²) in [5.41, 5.74) is 10.5. The van der Waals surface area contributed by atoms with Gasteiger partial charge in [0.25, 0.3) is 0 Å². The third-order valence-corrected chi connectivity index (χ3v) is 2.96. The van der Waals surface area contributed by atoms with Gasteiger partial charge in [0.05, 0.1) is 7.11 Å². The fourth-order valence-electron chi connectivity index (χ4n) is 2.00. The van der Waals surface area contributed by atoms with E-state index in [0.29, 0.717) is 6.54 Å². The molecule has 88 valence electrons. The molecule has 0 aliphatic carbocycles. The van der Waals surface area contributed by atoms with Crippen LogP contribution in [0.5, 0.6) is 5.75 Å². The standard InChI is InChI=1S/C15H17NO/c1-11-5-3-4-6-14(11)12-7-8-15(17-2)13(9-12)10-16/h3-9H,10,16H2,1-2H3. The van der Waals surface area contributed by atoms with Crippen molar-refractivity contribution in [1.82, 2.24) is 0 Å². The molecule has 0 radical (unpaired) electrons. The fourth-order valence-corrected chi connectivity index (χ4v) is 2.00. The Balaban J connectivity index is 2.50. The highest BCUT2D eigenvalue weighted by molar-refractivity contribution is 5.68. The zero-order valence-corrected chi connectivity index (χ0v) is 10.2. The molecule has 2 N–H and O–H groups in total. The van der Waals surface area contributed by atoms with Crippen LogP contribution >= 0.6 is 0 Å². The van der Waals surface area contributed by atoms with Gasteiger partial charge in [-0.2, -0.15) is 0 Å². The van der Waals surface area contributed by atoms with Crippen LogP contribution in [0.3, 0.4) is 0 Å². The summed E-state index contributed by atoms with van der Waals surface area (Å²) in [4.78, 5) is 0. The first-order valence-electron chi connectivity index (χ1n) is 5.69. The van der Waals surface area contributed by atoms with E-state index in [1.807, 2.05) is 12.1 Å². The molecule has 0 spiro atoms. The van der Waals surface area contributed by atoms with Crippen molar-refractivity contribution in [2.75, 3.05) is 7.11 Å². The first-order chi connectivity index (χ1) is 8.26. The first-order valence-corrected chi connectivity index (χ1v) is 5.69. The largest absolute Gasteiger partial charge is 0.496 e. The molecule has 0 bridgehead atoms. The van der Waals surface area contributed by atoms with Crippen LogP contribution in [0.25, 0.3) is 11.1 Å². The Kier molecular flexibility index (Phi) is 3.45. The van der Waals surface area contributed by atoms with Gasteiger partial charge >= 0.3 is 0 Å². The Morgan fingerprint density at radius 2 is 1.88 bits per heavy atom. The number of hydrogen-bond acceptors (Lipinski definition) is 2. The van der Waals surface area contributed by atoms with Gasteiger partial charge in [0.2, 0.25) is 0 Å². The molecular weight excluding hydrogens is 210 g/mol. The molecule has 0 aliphatic heterocycles. The zero-order chi connectivity index (χ0) is 12.3. The van der Waals surface area contributed by atoms with Crippen LogP contribution < -0.4 is 10.5 Å². The summed E-state index contributed by atoms with van der Waals surface area (Å²) in [7, 11) is 1.67. The topological polar surface area (TPSA) is 35.2 Å². The van der Waals surface area contributed by atoms with E-state index in [2.05, 4.69) is 37.3 Å². The second-order valence-corrected chi connectivity index (χ2v) is 4.05. The molecule has 0 atom stereocenters. The van der Waals surface area contributed by atoms with E-state index in [1.54, 1.807) is 7.11 Å². The molecular formula is C15H17NO. The van der Waals surface area contributed by atoms with E-state index in [4.69, 9.17) is 10.5 Å². The summed E-state index contributed by atoms with van der Waals surface area (Å²) < 4.78 is 5.28. The summed E-state index contributed by atoms with van der Waals surface area (Å²) in [6, 6.07) is 14.5. The Bertz CT molecular complexity index is 520. The van der Waals surface area contributed by atoms with Crippen molar-refractivity contribution in [2.24, 2.45) is 5.73 Å². The zero-order valence-electron chi connectivity index (χ0n) is 10.2. The molecule has 0 aliphatic rings. The molecule has 2 nitrogen and oxygen atoms in total. The lowest BCUT2D eigenvalue weighted by Gasteiger charge is -2.11. The van der Waals surface area contributed by atoms with Crippen LogP contribution in [0, 0.1) is 6.92 Å². The van der Waals surface area contributed by atoms with E-state index in [1.165, 1.54) is 16.7 Å². The normalized spacial score (nSPS) is 10.3. The summed E-state index contributed by atoms with van der Waals surface area (Å²) >= 11 is 0. The van der Waals surface area contributed by atoms with Crippen LogP contribution in [0.15, 0.2) is 42.5 Å². The second-order valence-electron chi connectivity index (χ2n) is 4.05. The van der Waals surface area contributed by atoms with Gasteiger partial charge in [-0.25, -0.2) is 0 Å². The van der Waals surface area contributed by atoms with Gasteiger partial charge < -0.3 is 10.5 Å². The maximum atomic E-state index is 5.73. The highest BCUT2D eigenvalue weighted by Crippen LogP contribution is 2.28. The Hall–Kier alpha value is -1.80. The summed E-state index contributed by atoms with van der Waals surface area (Å²) in [5.74, 6) is 0.852. The Labute approximate surface area is 102 Å². The van der Waals surface area contributed by atoms with Gasteiger partial charge in [0.1, 0.15) is 5.75 Å². The number of ether oxygens (including phenoxy) is 1. The minimum Gasteiger partial charge on any atom is -0.496 e. The van der Waals surface area contributed by atoms with E-state index in [9.17, 15) is 0 Å². The molecule has 17 heavy (non-hydrogen) atoms. The number of rotatable bonds is 3. The van der Waals surface area contributed by atoms with Crippen LogP contribution in [-0.2, 0) is 6.54 Å². The van der Waals surface area contributed by atoms with Gasteiger partial charge in [-0.05, 0) is 35.7 Å². The number of aryl methyl sites for hydroxylation is 1. The summed E-state index contributed by atoms with van der Waals surface area (Å²) in [5, 5.41) is 0. The van der Waals surface area contributed by atoms with Gasteiger partial charge in [-0.3, -0.25) is 0 Å². The number of methoxy groups -OCH3 is 1. The molecule has 2 rings (SSSR count). The Morgan fingerprint density at radius 1 is 1.12 bits per heavy atom. The summed E-state index contributed by atoms with van der Waals surface area (Å²) in [6.07, 6.45) is 0. The van der Waals surface area contributed by atoms with Crippen molar-refractivity contribution in [3.8, 4) is 16.9 Å². The molecule has 2 heteroatoms. The lowest BCUT2D eigenvalue weighted by Crippen LogP contribution is -2.00.